The van der Waals surface area contributed by atoms with Gasteiger partial charge in [-0.15, -0.1) is 0 Å². The molecule has 0 aliphatic rings. The maximum absolute atomic E-state index is 3.68. The molecule has 0 aliphatic carbocycles. The topological polar surface area (TPSA) is 12.0 Å². The first-order valence-electron chi connectivity index (χ1n) is 6.32. The Labute approximate surface area is 145 Å². The lowest BCUT2D eigenvalue weighted by atomic mass is 9.97. The van der Waals surface area contributed by atoms with E-state index in [1.165, 1.54) is 22.3 Å². The molecular formula is C16H16Br3N. The highest BCUT2D eigenvalue weighted by Gasteiger charge is 2.17. The van der Waals surface area contributed by atoms with Crippen LogP contribution >= 0.6 is 47.8 Å². The second-order valence-electron chi connectivity index (χ2n) is 4.91. The molecule has 2 aromatic carbocycles. The van der Waals surface area contributed by atoms with Gasteiger partial charge in [0, 0.05) is 13.4 Å². The highest BCUT2D eigenvalue weighted by atomic mass is 79.9. The quantitative estimate of drug-likeness (QED) is 0.600. The van der Waals surface area contributed by atoms with E-state index in [0.717, 1.165) is 13.4 Å². The predicted molar refractivity (Wildman–Crippen MR) is 96.4 cm³/mol. The molecule has 0 radical (unpaired) electrons. The van der Waals surface area contributed by atoms with Crippen molar-refractivity contribution in [2.24, 2.45) is 0 Å². The molecule has 4 heteroatoms. The lowest BCUT2D eigenvalue weighted by Crippen LogP contribution is -2.18. The van der Waals surface area contributed by atoms with Gasteiger partial charge in [0.25, 0.3) is 0 Å². The van der Waals surface area contributed by atoms with Gasteiger partial charge in [0.15, 0.2) is 0 Å². The minimum atomic E-state index is 0.150. The zero-order chi connectivity index (χ0) is 14.9. The lowest BCUT2D eigenvalue weighted by Gasteiger charge is -2.20. The van der Waals surface area contributed by atoms with Crippen molar-refractivity contribution >= 4 is 47.8 Å². The van der Waals surface area contributed by atoms with Gasteiger partial charge in [0.1, 0.15) is 0 Å². The van der Waals surface area contributed by atoms with Crippen LogP contribution in [0.25, 0.3) is 0 Å². The van der Waals surface area contributed by atoms with Gasteiger partial charge in [0.2, 0.25) is 0 Å². The molecule has 0 heterocycles. The van der Waals surface area contributed by atoms with Gasteiger partial charge in [-0.1, -0.05) is 53.9 Å². The SMILES string of the molecule is CNC(c1cc(C)cc(Br)c1)c1cc(Br)c(C)cc1Br. The van der Waals surface area contributed by atoms with E-state index in [9.17, 15) is 0 Å². The Kier molecular flexibility index (Phi) is 5.46. The van der Waals surface area contributed by atoms with E-state index in [1.54, 1.807) is 0 Å². The summed E-state index contributed by atoms with van der Waals surface area (Å²) in [5, 5.41) is 3.40. The third-order valence-corrected chi connectivity index (χ3v) is 5.27. The van der Waals surface area contributed by atoms with Gasteiger partial charge in [-0.25, -0.2) is 0 Å². The fraction of sp³-hybridized carbons (Fsp3) is 0.250. The van der Waals surface area contributed by atoms with Crippen LogP contribution in [-0.4, -0.2) is 7.05 Å². The third-order valence-electron chi connectivity index (χ3n) is 3.28. The van der Waals surface area contributed by atoms with Crippen LogP contribution in [0.2, 0.25) is 0 Å². The van der Waals surface area contributed by atoms with Crippen LogP contribution in [0.1, 0.15) is 28.3 Å². The van der Waals surface area contributed by atoms with Crippen LogP contribution in [0, 0.1) is 13.8 Å². The van der Waals surface area contributed by atoms with E-state index in [4.69, 9.17) is 0 Å². The highest BCUT2D eigenvalue weighted by molar-refractivity contribution is 9.11. The first kappa shape index (κ1) is 16.2. The fourth-order valence-electron chi connectivity index (χ4n) is 2.32. The zero-order valence-corrected chi connectivity index (χ0v) is 16.4. The van der Waals surface area contributed by atoms with E-state index in [0.29, 0.717) is 0 Å². The molecule has 0 aliphatic heterocycles. The van der Waals surface area contributed by atoms with Crippen LogP contribution in [0.15, 0.2) is 43.7 Å². The van der Waals surface area contributed by atoms with Gasteiger partial charge >= 0.3 is 0 Å². The van der Waals surface area contributed by atoms with Crippen molar-refractivity contribution in [1.29, 1.82) is 0 Å². The number of hydrogen-bond acceptors (Lipinski definition) is 1. The molecule has 0 saturated carbocycles. The van der Waals surface area contributed by atoms with E-state index in [2.05, 4.69) is 97.3 Å². The van der Waals surface area contributed by atoms with Crippen molar-refractivity contribution in [3.05, 3.63) is 66.0 Å². The van der Waals surface area contributed by atoms with E-state index < -0.39 is 0 Å². The number of benzene rings is 2. The molecule has 0 fully saturated rings. The summed E-state index contributed by atoms with van der Waals surface area (Å²) in [6, 6.07) is 11.0. The average Bonchev–Trinajstić information content (AvgIpc) is 2.35. The van der Waals surface area contributed by atoms with Crippen LogP contribution in [0.5, 0.6) is 0 Å². The lowest BCUT2D eigenvalue weighted by molar-refractivity contribution is 0.687. The van der Waals surface area contributed by atoms with Crippen LogP contribution in [-0.2, 0) is 0 Å². The van der Waals surface area contributed by atoms with Gasteiger partial charge in [-0.05, 0) is 67.4 Å². The Hall–Kier alpha value is -0.160. The molecule has 0 bridgehead atoms. The van der Waals surface area contributed by atoms with E-state index in [1.807, 2.05) is 7.05 Å². The summed E-state index contributed by atoms with van der Waals surface area (Å²) in [6.07, 6.45) is 0. The minimum Gasteiger partial charge on any atom is -0.309 e. The van der Waals surface area contributed by atoms with Crippen LogP contribution in [0.3, 0.4) is 0 Å². The monoisotopic (exact) mass is 459 g/mol. The third kappa shape index (κ3) is 3.53. The van der Waals surface area contributed by atoms with Crippen molar-refractivity contribution in [3.63, 3.8) is 0 Å². The number of aryl methyl sites for hydroxylation is 2. The Bertz CT molecular complexity index is 618. The summed E-state index contributed by atoms with van der Waals surface area (Å²) in [6.45, 7) is 4.21. The molecule has 0 aromatic heterocycles. The first-order chi connectivity index (χ1) is 9.42. The minimum absolute atomic E-state index is 0.150. The summed E-state index contributed by atoms with van der Waals surface area (Å²) in [5.41, 5.74) is 4.94. The maximum Gasteiger partial charge on any atom is 0.0586 e. The van der Waals surface area contributed by atoms with Gasteiger partial charge in [-0.2, -0.15) is 0 Å². The summed E-state index contributed by atoms with van der Waals surface area (Å²) >= 11 is 10.9. The van der Waals surface area contributed by atoms with E-state index in [-0.39, 0.29) is 6.04 Å². The van der Waals surface area contributed by atoms with Crippen LogP contribution < -0.4 is 5.32 Å². The zero-order valence-electron chi connectivity index (χ0n) is 11.6. The fourth-order valence-corrected chi connectivity index (χ4v) is 3.99. The second kappa shape index (κ2) is 6.73. The molecule has 0 spiro atoms. The number of hydrogen-bond donors (Lipinski definition) is 1. The Morgan fingerprint density at radius 2 is 1.60 bits per heavy atom. The predicted octanol–water partition coefficient (Wildman–Crippen LogP) is 5.90. The molecule has 1 atom stereocenters. The van der Waals surface area contributed by atoms with Crippen molar-refractivity contribution in [2.75, 3.05) is 7.05 Å². The summed E-state index contributed by atoms with van der Waals surface area (Å²) < 4.78 is 3.35. The summed E-state index contributed by atoms with van der Waals surface area (Å²) in [7, 11) is 1.99. The Morgan fingerprint density at radius 1 is 0.900 bits per heavy atom. The molecule has 1 nitrogen and oxygen atoms in total. The highest BCUT2D eigenvalue weighted by Crippen LogP contribution is 2.34. The standard InChI is InChI=1S/C16H16Br3N/c1-9-4-11(7-12(17)5-9)16(20-3)13-8-14(18)10(2)6-15(13)19/h4-8,16,20H,1-3H3. The largest absolute Gasteiger partial charge is 0.309 e. The average molecular weight is 462 g/mol. The molecule has 2 rings (SSSR count). The van der Waals surface area contributed by atoms with Crippen LogP contribution in [0.4, 0.5) is 0 Å². The van der Waals surface area contributed by atoms with Gasteiger partial charge < -0.3 is 5.32 Å². The number of halogens is 3. The molecule has 20 heavy (non-hydrogen) atoms. The second-order valence-corrected chi connectivity index (χ2v) is 7.53. The summed E-state index contributed by atoms with van der Waals surface area (Å²) in [4.78, 5) is 0. The molecule has 1 N–H and O–H groups in total. The van der Waals surface area contributed by atoms with Crippen molar-refractivity contribution in [1.82, 2.24) is 5.32 Å². The normalized spacial score (nSPS) is 12.5. The van der Waals surface area contributed by atoms with Crippen molar-refractivity contribution in [2.45, 2.75) is 19.9 Å². The number of rotatable bonds is 3. The van der Waals surface area contributed by atoms with Crippen molar-refractivity contribution in [3.8, 4) is 0 Å². The molecule has 0 amide bonds. The maximum atomic E-state index is 3.68. The first-order valence-corrected chi connectivity index (χ1v) is 8.70. The Balaban J connectivity index is 2.55. The molecular weight excluding hydrogens is 446 g/mol. The van der Waals surface area contributed by atoms with Gasteiger partial charge in [-0.3, -0.25) is 0 Å². The Morgan fingerprint density at radius 3 is 2.20 bits per heavy atom. The molecule has 106 valence electrons. The molecule has 2 aromatic rings. The molecule has 0 saturated heterocycles. The van der Waals surface area contributed by atoms with Crippen molar-refractivity contribution < 1.29 is 0 Å². The smallest absolute Gasteiger partial charge is 0.0586 e. The molecule has 1 unspecified atom stereocenters. The number of nitrogens with one attached hydrogen (secondary N) is 1. The van der Waals surface area contributed by atoms with E-state index >= 15 is 0 Å². The summed E-state index contributed by atoms with van der Waals surface area (Å²) in [5.74, 6) is 0. The van der Waals surface area contributed by atoms with Gasteiger partial charge in [0.05, 0.1) is 6.04 Å².